The summed E-state index contributed by atoms with van der Waals surface area (Å²) in [5.41, 5.74) is 2.60. The van der Waals surface area contributed by atoms with Crippen molar-refractivity contribution in [3.8, 4) is 11.4 Å². The van der Waals surface area contributed by atoms with Gasteiger partial charge >= 0.3 is 0 Å². The highest BCUT2D eigenvalue weighted by molar-refractivity contribution is 5.98. The number of likely N-dealkylation sites (tertiary alicyclic amines) is 2. The first kappa shape index (κ1) is 18.8. The van der Waals surface area contributed by atoms with Gasteiger partial charge in [0.25, 0.3) is 5.91 Å². The second kappa shape index (κ2) is 7.91. The molecule has 154 valence electrons. The molecule has 3 aromatic rings. The molecule has 3 heterocycles. The second-order valence-electron chi connectivity index (χ2n) is 8.11. The van der Waals surface area contributed by atoms with Crippen molar-refractivity contribution >= 4 is 5.91 Å². The maximum Gasteiger partial charge on any atom is 0.256 e. The molecule has 0 radical (unpaired) electrons. The number of rotatable bonds is 5. The van der Waals surface area contributed by atoms with Crippen LogP contribution in [0.4, 0.5) is 0 Å². The van der Waals surface area contributed by atoms with Gasteiger partial charge in [-0.3, -0.25) is 9.69 Å². The number of methoxy groups -OCH3 is 1. The highest BCUT2D eigenvalue weighted by atomic mass is 16.5. The fourth-order valence-electron chi connectivity index (χ4n) is 4.72. The molecule has 30 heavy (non-hydrogen) atoms. The Hall–Kier alpha value is -3.19. The molecule has 0 saturated carbocycles. The lowest BCUT2D eigenvalue weighted by Crippen LogP contribution is -2.33. The van der Waals surface area contributed by atoms with Crippen LogP contribution in [0.5, 0.6) is 5.75 Å². The fraction of sp³-hybridized carbons (Fsp3) is 0.348. The van der Waals surface area contributed by atoms with Gasteiger partial charge in [-0.25, -0.2) is 0 Å². The summed E-state index contributed by atoms with van der Waals surface area (Å²) < 4.78 is 5.34. The Labute approximate surface area is 175 Å². The third kappa shape index (κ3) is 3.57. The topological polar surface area (TPSA) is 63.5 Å². The maximum absolute atomic E-state index is 13.4. The Kier molecular flexibility index (Phi) is 4.96. The SMILES string of the molecule is COc1ccc(C(=O)N2CC3CN(Cc4ccccc4)CC3C2)c(-n2nccn2)c1. The van der Waals surface area contributed by atoms with E-state index in [2.05, 4.69) is 45.4 Å². The number of carbonyl (C=O) groups is 1. The van der Waals surface area contributed by atoms with E-state index >= 15 is 0 Å². The molecule has 0 N–H and O–H groups in total. The summed E-state index contributed by atoms with van der Waals surface area (Å²) in [6, 6.07) is 16.0. The van der Waals surface area contributed by atoms with Crippen LogP contribution in [0.15, 0.2) is 60.9 Å². The van der Waals surface area contributed by atoms with Gasteiger partial charge in [-0.05, 0) is 29.5 Å². The Morgan fingerprint density at radius 2 is 1.70 bits per heavy atom. The number of hydrogen-bond donors (Lipinski definition) is 0. The zero-order valence-corrected chi connectivity index (χ0v) is 17.0. The van der Waals surface area contributed by atoms with Gasteiger partial charge < -0.3 is 9.64 Å². The molecule has 0 aliphatic carbocycles. The third-order valence-electron chi connectivity index (χ3n) is 6.17. The average molecular weight is 403 g/mol. The number of amides is 1. The molecule has 2 saturated heterocycles. The minimum Gasteiger partial charge on any atom is -0.497 e. The van der Waals surface area contributed by atoms with E-state index in [1.807, 2.05) is 23.1 Å². The zero-order chi connectivity index (χ0) is 20.5. The van der Waals surface area contributed by atoms with Gasteiger partial charge in [0.05, 0.1) is 25.1 Å². The van der Waals surface area contributed by atoms with Crippen LogP contribution in [0.2, 0.25) is 0 Å². The van der Waals surface area contributed by atoms with Crippen molar-refractivity contribution in [1.82, 2.24) is 24.8 Å². The number of carbonyl (C=O) groups excluding carboxylic acids is 1. The van der Waals surface area contributed by atoms with Crippen LogP contribution in [-0.4, -0.2) is 64.0 Å². The van der Waals surface area contributed by atoms with Crippen molar-refractivity contribution in [3.05, 3.63) is 72.1 Å². The lowest BCUT2D eigenvalue weighted by Gasteiger charge is -2.22. The molecule has 2 aromatic carbocycles. The summed E-state index contributed by atoms with van der Waals surface area (Å²) in [6.07, 6.45) is 3.21. The first-order valence-electron chi connectivity index (χ1n) is 10.3. The molecule has 0 bridgehead atoms. The molecule has 2 atom stereocenters. The first-order chi connectivity index (χ1) is 14.7. The predicted octanol–water partition coefficient (Wildman–Crippen LogP) is 2.48. The smallest absolute Gasteiger partial charge is 0.256 e. The van der Waals surface area contributed by atoms with Crippen molar-refractivity contribution in [1.29, 1.82) is 0 Å². The molecule has 5 rings (SSSR count). The number of ether oxygens (including phenoxy) is 1. The minimum atomic E-state index is 0.0361. The Bertz CT molecular complexity index is 1010. The van der Waals surface area contributed by atoms with E-state index in [0.29, 0.717) is 28.8 Å². The van der Waals surface area contributed by atoms with Gasteiger partial charge in [0.1, 0.15) is 11.4 Å². The molecule has 2 unspecified atom stereocenters. The van der Waals surface area contributed by atoms with E-state index in [1.165, 1.54) is 10.4 Å². The van der Waals surface area contributed by atoms with Crippen LogP contribution in [0.25, 0.3) is 5.69 Å². The van der Waals surface area contributed by atoms with Crippen molar-refractivity contribution in [2.45, 2.75) is 6.54 Å². The molecule has 7 heteroatoms. The van der Waals surface area contributed by atoms with Gasteiger partial charge in [-0.1, -0.05) is 30.3 Å². The van der Waals surface area contributed by atoms with Crippen LogP contribution in [-0.2, 0) is 6.54 Å². The summed E-state index contributed by atoms with van der Waals surface area (Å²) >= 11 is 0. The van der Waals surface area contributed by atoms with E-state index in [0.717, 1.165) is 32.7 Å². The summed E-state index contributed by atoms with van der Waals surface area (Å²) in [4.78, 5) is 19.4. The van der Waals surface area contributed by atoms with Crippen molar-refractivity contribution in [2.75, 3.05) is 33.3 Å². The number of benzene rings is 2. The molecule has 7 nitrogen and oxygen atoms in total. The molecule has 0 spiro atoms. The van der Waals surface area contributed by atoms with Gasteiger partial charge in [-0.15, -0.1) is 0 Å². The largest absolute Gasteiger partial charge is 0.497 e. The van der Waals surface area contributed by atoms with Crippen LogP contribution < -0.4 is 4.74 Å². The third-order valence-corrected chi connectivity index (χ3v) is 6.17. The van der Waals surface area contributed by atoms with Gasteiger partial charge in [0.15, 0.2) is 0 Å². The molecular weight excluding hydrogens is 378 g/mol. The average Bonchev–Trinajstić information content (AvgIpc) is 3.50. The van der Waals surface area contributed by atoms with Crippen LogP contribution in [0, 0.1) is 11.8 Å². The maximum atomic E-state index is 13.4. The van der Waals surface area contributed by atoms with Crippen molar-refractivity contribution < 1.29 is 9.53 Å². The van der Waals surface area contributed by atoms with E-state index in [1.54, 1.807) is 19.5 Å². The minimum absolute atomic E-state index is 0.0361. The summed E-state index contributed by atoms with van der Waals surface area (Å²) in [5.74, 6) is 1.77. The number of hydrogen-bond acceptors (Lipinski definition) is 5. The molecular formula is C23H25N5O2. The van der Waals surface area contributed by atoms with E-state index in [-0.39, 0.29) is 5.91 Å². The van der Waals surface area contributed by atoms with Crippen LogP contribution >= 0.6 is 0 Å². The molecule has 1 amide bonds. The Morgan fingerprint density at radius 1 is 1.00 bits per heavy atom. The first-order valence-corrected chi connectivity index (χ1v) is 10.3. The summed E-state index contributed by atoms with van der Waals surface area (Å²) in [6.45, 7) is 4.66. The highest BCUT2D eigenvalue weighted by Crippen LogP contribution is 2.33. The van der Waals surface area contributed by atoms with Crippen LogP contribution in [0.3, 0.4) is 0 Å². The van der Waals surface area contributed by atoms with E-state index < -0.39 is 0 Å². The Balaban J connectivity index is 1.29. The lowest BCUT2D eigenvalue weighted by molar-refractivity contribution is 0.0773. The van der Waals surface area contributed by atoms with Crippen LogP contribution in [0.1, 0.15) is 15.9 Å². The number of aromatic nitrogens is 3. The lowest BCUT2D eigenvalue weighted by atomic mass is 10.0. The molecule has 2 fully saturated rings. The fourth-order valence-corrected chi connectivity index (χ4v) is 4.72. The van der Waals surface area contributed by atoms with Gasteiger partial charge in [-0.2, -0.15) is 15.0 Å². The quantitative estimate of drug-likeness (QED) is 0.655. The highest BCUT2D eigenvalue weighted by Gasteiger charge is 2.42. The summed E-state index contributed by atoms with van der Waals surface area (Å²) in [7, 11) is 1.61. The van der Waals surface area contributed by atoms with E-state index in [9.17, 15) is 4.79 Å². The molecule has 2 aliphatic rings. The Morgan fingerprint density at radius 3 is 2.37 bits per heavy atom. The standard InChI is InChI=1S/C23H25N5O2/c1-30-20-7-8-21(22(11-20)28-24-9-10-25-28)23(29)27-15-18-13-26(14-19(18)16-27)12-17-5-3-2-4-6-17/h2-11,18-19H,12-16H2,1H3. The zero-order valence-electron chi connectivity index (χ0n) is 17.0. The van der Waals surface area contributed by atoms with Gasteiger partial charge in [0.2, 0.25) is 0 Å². The monoisotopic (exact) mass is 403 g/mol. The normalized spacial score (nSPS) is 21.0. The second-order valence-corrected chi connectivity index (χ2v) is 8.11. The number of nitrogens with zero attached hydrogens (tertiary/aromatic N) is 5. The summed E-state index contributed by atoms with van der Waals surface area (Å²) in [5, 5.41) is 8.42. The predicted molar refractivity (Wildman–Crippen MR) is 113 cm³/mol. The van der Waals surface area contributed by atoms with Crippen molar-refractivity contribution in [3.63, 3.8) is 0 Å². The molecule has 1 aromatic heterocycles. The van der Waals surface area contributed by atoms with E-state index in [4.69, 9.17) is 4.74 Å². The molecule has 2 aliphatic heterocycles. The van der Waals surface area contributed by atoms with Crippen molar-refractivity contribution in [2.24, 2.45) is 11.8 Å². The number of fused-ring (bicyclic) bond motifs is 1. The van der Waals surface area contributed by atoms with Gasteiger partial charge in [0, 0.05) is 38.8 Å².